The highest BCUT2D eigenvalue weighted by atomic mass is 35.5. The van der Waals surface area contributed by atoms with Gasteiger partial charge in [-0.05, 0) is 35.9 Å². The van der Waals surface area contributed by atoms with Gasteiger partial charge >= 0.3 is 0 Å². The number of likely N-dealkylation sites (N-methyl/N-ethyl adjacent to an activating group) is 1. The van der Waals surface area contributed by atoms with E-state index >= 15 is 0 Å². The lowest BCUT2D eigenvalue weighted by Gasteiger charge is -2.48. The Morgan fingerprint density at radius 3 is 2.17 bits per heavy atom. The van der Waals surface area contributed by atoms with Crippen molar-refractivity contribution in [1.82, 2.24) is 9.80 Å². The molecule has 4 rings (SSSR count). The largest absolute Gasteiger partial charge is 0.384 e. The zero-order valence-electron chi connectivity index (χ0n) is 20.0. The van der Waals surface area contributed by atoms with Crippen LogP contribution in [0.3, 0.4) is 0 Å². The molecule has 9 heteroatoms. The Balaban J connectivity index is 0.00000342. The number of likely N-dealkylation sites (tertiary alicyclic amines) is 2. The van der Waals surface area contributed by atoms with Crippen LogP contribution in [0.15, 0.2) is 36.4 Å². The van der Waals surface area contributed by atoms with Gasteiger partial charge in [-0.2, -0.15) is 0 Å². The number of benzene rings is 2. The quantitative estimate of drug-likeness (QED) is 0.601. The summed E-state index contributed by atoms with van der Waals surface area (Å²) in [6.07, 6.45) is 0. The average Bonchev–Trinajstić information content (AvgIpc) is 3.22. The van der Waals surface area contributed by atoms with Crippen molar-refractivity contribution in [2.45, 2.75) is 32.3 Å². The lowest BCUT2D eigenvalue weighted by molar-refractivity contribution is -0.152. The molecule has 1 amide bonds. The highest BCUT2D eigenvalue weighted by Crippen LogP contribution is 2.43. The Bertz CT molecular complexity index is 1070. The average molecular weight is 515 g/mol. The summed E-state index contributed by atoms with van der Waals surface area (Å²) in [6, 6.07) is 6.87. The second-order valence-electron chi connectivity index (χ2n) is 9.73. The molecule has 0 radical (unpaired) electrons. The Morgan fingerprint density at radius 2 is 1.60 bits per heavy atom. The predicted molar refractivity (Wildman–Crippen MR) is 127 cm³/mol. The number of nitrogens with zero attached hydrogens (tertiary/aromatic N) is 2. The van der Waals surface area contributed by atoms with E-state index in [0.717, 1.165) is 18.2 Å². The van der Waals surface area contributed by atoms with E-state index in [9.17, 15) is 27.5 Å². The molecule has 1 N–H and O–H groups in total. The molecule has 0 aliphatic carbocycles. The van der Waals surface area contributed by atoms with Crippen molar-refractivity contribution in [2.75, 3.05) is 32.7 Å². The number of piperidine rings is 1. The summed E-state index contributed by atoms with van der Waals surface area (Å²) in [5, 5.41) is 11.5. The molecule has 0 saturated carbocycles. The molecular formula is C26H31ClF4N2O2. The van der Waals surface area contributed by atoms with Crippen LogP contribution in [0.1, 0.15) is 37.8 Å². The monoisotopic (exact) mass is 514 g/mol. The maximum atomic E-state index is 14.6. The van der Waals surface area contributed by atoms with E-state index in [2.05, 4.69) is 4.90 Å². The van der Waals surface area contributed by atoms with Gasteiger partial charge in [-0.1, -0.05) is 32.9 Å². The van der Waals surface area contributed by atoms with Gasteiger partial charge in [0.2, 0.25) is 5.91 Å². The molecule has 2 fully saturated rings. The van der Waals surface area contributed by atoms with E-state index in [4.69, 9.17) is 0 Å². The third-order valence-electron chi connectivity index (χ3n) is 7.71. The molecular weight excluding hydrogens is 484 g/mol. The lowest BCUT2D eigenvalue weighted by atomic mass is 9.70. The van der Waals surface area contributed by atoms with Gasteiger partial charge in [-0.3, -0.25) is 4.79 Å². The summed E-state index contributed by atoms with van der Waals surface area (Å²) in [5.41, 5.74) is -0.825. The van der Waals surface area contributed by atoms with Crippen LogP contribution in [0.25, 0.3) is 0 Å². The minimum atomic E-state index is -1.43. The van der Waals surface area contributed by atoms with Crippen molar-refractivity contribution in [2.24, 2.45) is 17.8 Å². The molecule has 0 bridgehead atoms. The van der Waals surface area contributed by atoms with Crippen molar-refractivity contribution in [1.29, 1.82) is 0 Å². The van der Waals surface area contributed by atoms with Crippen molar-refractivity contribution < 1.29 is 27.5 Å². The van der Waals surface area contributed by atoms with Crippen molar-refractivity contribution in [3.05, 3.63) is 70.8 Å². The van der Waals surface area contributed by atoms with Crippen LogP contribution in [-0.4, -0.2) is 53.5 Å². The topological polar surface area (TPSA) is 43.8 Å². The van der Waals surface area contributed by atoms with Crippen molar-refractivity contribution in [3.8, 4) is 0 Å². The first-order valence-corrected chi connectivity index (χ1v) is 11.7. The fourth-order valence-corrected chi connectivity index (χ4v) is 5.74. The molecule has 2 aromatic carbocycles. The smallest absolute Gasteiger partial charge is 0.227 e. The van der Waals surface area contributed by atoms with Crippen molar-refractivity contribution >= 4 is 18.3 Å². The summed E-state index contributed by atoms with van der Waals surface area (Å²) in [6.45, 7) is 7.63. The molecule has 5 atom stereocenters. The molecule has 2 aliphatic heterocycles. The molecule has 0 spiro atoms. The van der Waals surface area contributed by atoms with E-state index in [0.29, 0.717) is 25.2 Å². The number of aliphatic hydroxyl groups is 1. The number of carbonyl (C=O) groups excluding carboxylic acids is 1. The first-order chi connectivity index (χ1) is 16.1. The number of hydrogen-bond acceptors (Lipinski definition) is 3. The van der Waals surface area contributed by atoms with Crippen molar-refractivity contribution in [3.63, 3.8) is 0 Å². The fraction of sp³-hybridized carbons (Fsp3) is 0.500. The summed E-state index contributed by atoms with van der Waals surface area (Å²) >= 11 is 0. The standard InChI is InChI=1S/C26H30F4N2O2.ClH/c1-4-31-13-20(19-7-6-18(27)10-23(19)29)21(14-31)25(33)32-11-15(2)26(34,16(3)12-32)17-5-8-22(28)24(30)9-17;/h5-10,15-16,20-21,34H,4,11-14H2,1-3H3;1H/t15-,16+,20-,21+,26?;/m0./s1. The van der Waals surface area contributed by atoms with Gasteiger partial charge in [0, 0.05) is 50.0 Å². The van der Waals surface area contributed by atoms with Gasteiger partial charge in [-0.15, -0.1) is 12.4 Å². The van der Waals surface area contributed by atoms with Crippen LogP contribution in [-0.2, 0) is 10.4 Å². The zero-order chi connectivity index (χ0) is 24.8. The van der Waals surface area contributed by atoms with Gasteiger partial charge in [-0.25, -0.2) is 17.6 Å². The zero-order valence-corrected chi connectivity index (χ0v) is 20.8. The number of hydrogen-bond donors (Lipinski definition) is 1. The Kier molecular flexibility index (Phi) is 8.19. The Labute approximate surface area is 209 Å². The molecule has 2 aliphatic rings. The third-order valence-corrected chi connectivity index (χ3v) is 7.71. The molecule has 0 aromatic heterocycles. The predicted octanol–water partition coefficient (Wildman–Crippen LogP) is 4.70. The summed E-state index contributed by atoms with van der Waals surface area (Å²) in [4.78, 5) is 17.4. The molecule has 2 saturated heterocycles. The van der Waals surface area contributed by atoms with E-state index < -0.39 is 52.5 Å². The maximum absolute atomic E-state index is 14.6. The highest BCUT2D eigenvalue weighted by molar-refractivity contribution is 5.85. The summed E-state index contributed by atoms with van der Waals surface area (Å²) in [7, 11) is 0. The Morgan fingerprint density at radius 1 is 0.943 bits per heavy atom. The first kappa shape index (κ1) is 27.4. The molecule has 192 valence electrons. The molecule has 2 heterocycles. The minimum absolute atomic E-state index is 0. The molecule has 2 aromatic rings. The van der Waals surface area contributed by atoms with Gasteiger partial charge in [0.1, 0.15) is 11.6 Å². The third kappa shape index (κ3) is 4.93. The number of rotatable bonds is 4. The van der Waals surface area contributed by atoms with Crippen LogP contribution in [0.5, 0.6) is 0 Å². The number of halogens is 5. The van der Waals surface area contributed by atoms with Crippen LogP contribution in [0, 0.1) is 41.0 Å². The van der Waals surface area contributed by atoms with E-state index in [-0.39, 0.29) is 37.0 Å². The first-order valence-electron chi connectivity index (χ1n) is 11.7. The molecule has 1 unspecified atom stereocenters. The van der Waals surface area contributed by atoms with E-state index in [1.165, 1.54) is 18.2 Å². The second kappa shape index (κ2) is 10.4. The fourth-order valence-electron chi connectivity index (χ4n) is 5.74. The summed E-state index contributed by atoms with van der Waals surface area (Å²) in [5.74, 6) is -5.29. The SMILES string of the molecule is CCN1C[C@@H](C(=O)N2C[C@@H](C)C(O)(c3ccc(F)c(F)c3)[C@@H](C)C2)[C@H](c2ccc(F)cc2F)C1.Cl. The lowest BCUT2D eigenvalue weighted by Crippen LogP contribution is -2.57. The van der Waals surface area contributed by atoms with E-state index in [1.54, 1.807) is 18.7 Å². The molecule has 4 nitrogen and oxygen atoms in total. The van der Waals surface area contributed by atoms with Gasteiger partial charge in [0.05, 0.1) is 11.5 Å². The number of carbonyl (C=O) groups is 1. The number of amides is 1. The second-order valence-corrected chi connectivity index (χ2v) is 9.73. The van der Waals surface area contributed by atoms with Gasteiger partial charge in [0.25, 0.3) is 0 Å². The normalized spacial score (nSPS) is 29.2. The van der Waals surface area contributed by atoms with E-state index in [1.807, 2.05) is 6.92 Å². The maximum Gasteiger partial charge on any atom is 0.227 e. The Hall–Kier alpha value is -2.16. The van der Waals surface area contributed by atoms with Gasteiger partial charge in [0.15, 0.2) is 11.6 Å². The molecule has 35 heavy (non-hydrogen) atoms. The van der Waals surface area contributed by atoms with Gasteiger partial charge < -0.3 is 14.9 Å². The van der Waals surface area contributed by atoms with Crippen LogP contribution >= 0.6 is 12.4 Å². The van der Waals surface area contributed by atoms with Crippen LogP contribution in [0.4, 0.5) is 17.6 Å². The minimum Gasteiger partial charge on any atom is -0.384 e. The highest BCUT2D eigenvalue weighted by Gasteiger charge is 2.49. The summed E-state index contributed by atoms with van der Waals surface area (Å²) < 4.78 is 55.4. The van der Waals surface area contributed by atoms with Crippen LogP contribution < -0.4 is 0 Å². The van der Waals surface area contributed by atoms with Crippen LogP contribution in [0.2, 0.25) is 0 Å².